The second-order valence-corrected chi connectivity index (χ2v) is 6.14. The van der Waals surface area contributed by atoms with Crippen LogP contribution in [0.2, 0.25) is 0 Å². The molecule has 1 saturated heterocycles. The van der Waals surface area contributed by atoms with E-state index in [2.05, 4.69) is 9.80 Å². The fourth-order valence-corrected chi connectivity index (χ4v) is 2.91. The van der Waals surface area contributed by atoms with E-state index >= 15 is 0 Å². The van der Waals surface area contributed by atoms with Gasteiger partial charge in [0, 0.05) is 31.7 Å². The number of morpholine rings is 1. The number of hydrogen-bond donors (Lipinski definition) is 1. The predicted octanol–water partition coefficient (Wildman–Crippen LogP) is 1.000. The molecule has 1 aliphatic heterocycles. The molecule has 0 saturated carbocycles. The van der Waals surface area contributed by atoms with Crippen LogP contribution in [-0.4, -0.2) is 82.1 Å². The lowest BCUT2D eigenvalue weighted by atomic mass is 10.1. The number of methoxy groups -OCH3 is 2. The Kier molecular flexibility index (Phi) is 6.65. The monoisotopic (exact) mass is 324 g/mol. The van der Waals surface area contributed by atoms with Crippen LogP contribution in [0.4, 0.5) is 0 Å². The summed E-state index contributed by atoms with van der Waals surface area (Å²) in [6, 6.07) is 5.49. The van der Waals surface area contributed by atoms with E-state index in [4.69, 9.17) is 14.2 Å². The Morgan fingerprint density at radius 3 is 2.78 bits per heavy atom. The number of aliphatic hydroxyl groups excluding tert-OH is 1. The normalized spacial score (nSPS) is 20.5. The van der Waals surface area contributed by atoms with Crippen LogP contribution >= 0.6 is 0 Å². The van der Waals surface area contributed by atoms with Gasteiger partial charge in [-0.2, -0.15) is 0 Å². The van der Waals surface area contributed by atoms with Gasteiger partial charge in [0.2, 0.25) is 0 Å². The van der Waals surface area contributed by atoms with E-state index in [1.807, 2.05) is 32.3 Å². The van der Waals surface area contributed by atoms with E-state index in [-0.39, 0.29) is 6.10 Å². The first-order valence-electron chi connectivity index (χ1n) is 7.92. The number of hydrogen-bond acceptors (Lipinski definition) is 6. The minimum absolute atomic E-state index is 0.179. The van der Waals surface area contributed by atoms with Crippen molar-refractivity contribution in [1.82, 2.24) is 9.80 Å². The Bertz CT molecular complexity index is 495. The van der Waals surface area contributed by atoms with Crippen LogP contribution in [0.1, 0.15) is 11.7 Å². The second-order valence-electron chi connectivity index (χ2n) is 6.14. The first-order valence-corrected chi connectivity index (χ1v) is 7.92. The molecular weight excluding hydrogens is 296 g/mol. The van der Waals surface area contributed by atoms with Crippen LogP contribution in [0.25, 0.3) is 0 Å². The van der Waals surface area contributed by atoms with Gasteiger partial charge in [-0.1, -0.05) is 0 Å². The van der Waals surface area contributed by atoms with Crippen molar-refractivity contribution in [2.75, 3.05) is 61.1 Å². The van der Waals surface area contributed by atoms with Crippen molar-refractivity contribution in [3.05, 3.63) is 23.8 Å². The molecule has 6 heteroatoms. The zero-order chi connectivity index (χ0) is 16.8. The summed E-state index contributed by atoms with van der Waals surface area (Å²) in [7, 11) is 7.31. The summed E-state index contributed by atoms with van der Waals surface area (Å²) in [6.45, 7) is 3.78. The Morgan fingerprint density at radius 1 is 1.35 bits per heavy atom. The number of likely N-dealkylation sites (N-methyl/N-ethyl adjacent to an activating group) is 1. The van der Waals surface area contributed by atoms with Crippen LogP contribution in [0.5, 0.6) is 11.5 Å². The highest BCUT2D eigenvalue weighted by atomic mass is 16.5. The van der Waals surface area contributed by atoms with E-state index in [1.54, 1.807) is 14.2 Å². The van der Waals surface area contributed by atoms with Gasteiger partial charge in [-0.15, -0.1) is 0 Å². The fraction of sp³-hybridized carbons (Fsp3) is 0.647. The molecule has 0 aliphatic carbocycles. The average molecular weight is 324 g/mol. The smallest absolute Gasteiger partial charge is 0.124 e. The SMILES string of the molecule is COc1ccc(OC)c([C@H](O)CN2CCO[C@@H](CN(C)C)C2)c1. The zero-order valence-electron chi connectivity index (χ0n) is 14.5. The third-order valence-corrected chi connectivity index (χ3v) is 4.02. The molecule has 6 nitrogen and oxygen atoms in total. The number of aliphatic hydroxyl groups is 1. The van der Waals surface area contributed by atoms with Crippen LogP contribution in [0.3, 0.4) is 0 Å². The molecule has 0 bridgehead atoms. The lowest BCUT2D eigenvalue weighted by Crippen LogP contribution is -2.47. The van der Waals surface area contributed by atoms with Crippen molar-refractivity contribution in [1.29, 1.82) is 0 Å². The summed E-state index contributed by atoms with van der Waals surface area (Å²) in [4.78, 5) is 4.36. The van der Waals surface area contributed by atoms with Gasteiger partial charge in [0.25, 0.3) is 0 Å². The van der Waals surface area contributed by atoms with Gasteiger partial charge in [-0.3, -0.25) is 4.90 Å². The average Bonchev–Trinajstić information content (AvgIpc) is 2.53. The molecule has 1 aromatic carbocycles. The molecule has 0 aromatic heterocycles. The fourth-order valence-electron chi connectivity index (χ4n) is 2.91. The Morgan fingerprint density at radius 2 is 2.13 bits per heavy atom. The summed E-state index contributed by atoms with van der Waals surface area (Å²) in [5.74, 6) is 1.39. The van der Waals surface area contributed by atoms with Crippen LogP contribution in [0, 0.1) is 0 Å². The summed E-state index contributed by atoms with van der Waals surface area (Å²) in [6.07, 6.45) is -0.448. The lowest BCUT2D eigenvalue weighted by Gasteiger charge is -2.35. The molecule has 0 amide bonds. The first-order chi connectivity index (χ1) is 11.0. The molecule has 0 unspecified atom stereocenters. The van der Waals surface area contributed by atoms with Gasteiger partial charge in [-0.25, -0.2) is 0 Å². The maximum Gasteiger partial charge on any atom is 0.124 e. The van der Waals surface area contributed by atoms with Crippen molar-refractivity contribution in [2.24, 2.45) is 0 Å². The zero-order valence-corrected chi connectivity index (χ0v) is 14.5. The number of ether oxygens (including phenoxy) is 3. The minimum Gasteiger partial charge on any atom is -0.497 e. The molecule has 0 radical (unpaired) electrons. The van der Waals surface area contributed by atoms with Gasteiger partial charge >= 0.3 is 0 Å². The van der Waals surface area contributed by atoms with Gasteiger partial charge in [0.1, 0.15) is 11.5 Å². The van der Waals surface area contributed by atoms with Crippen molar-refractivity contribution >= 4 is 0 Å². The van der Waals surface area contributed by atoms with E-state index < -0.39 is 6.10 Å². The molecule has 1 N–H and O–H groups in total. The maximum absolute atomic E-state index is 10.6. The van der Waals surface area contributed by atoms with Crippen LogP contribution < -0.4 is 9.47 Å². The van der Waals surface area contributed by atoms with Gasteiger partial charge < -0.3 is 24.2 Å². The number of rotatable bonds is 7. The molecule has 1 heterocycles. The number of β-amino-alcohol motifs (C(OH)–C–C–N with tert-alkyl or cyclic N) is 1. The number of nitrogens with zero attached hydrogens (tertiary/aromatic N) is 2. The quantitative estimate of drug-likeness (QED) is 0.808. The van der Waals surface area contributed by atoms with Gasteiger partial charge in [0.15, 0.2) is 0 Å². The van der Waals surface area contributed by atoms with E-state index in [1.165, 1.54) is 0 Å². The van der Waals surface area contributed by atoms with E-state index in [9.17, 15) is 5.11 Å². The van der Waals surface area contributed by atoms with Crippen LogP contribution in [0.15, 0.2) is 18.2 Å². The predicted molar refractivity (Wildman–Crippen MR) is 89.2 cm³/mol. The minimum atomic E-state index is -0.627. The third kappa shape index (κ3) is 5.07. The third-order valence-electron chi connectivity index (χ3n) is 4.02. The number of benzene rings is 1. The molecule has 130 valence electrons. The van der Waals surface area contributed by atoms with Crippen molar-refractivity contribution in [3.63, 3.8) is 0 Å². The Balaban J connectivity index is 2.02. The lowest BCUT2D eigenvalue weighted by molar-refractivity contribution is -0.0490. The first kappa shape index (κ1) is 18.0. The Labute approximate surface area is 138 Å². The summed E-state index contributed by atoms with van der Waals surface area (Å²) in [5.41, 5.74) is 0.752. The van der Waals surface area contributed by atoms with E-state index in [0.717, 1.165) is 25.2 Å². The largest absolute Gasteiger partial charge is 0.497 e. The standard InChI is InChI=1S/C17H28N2O4/c1-18(2)10-14-11-19(7-8-23-14)12-16(20)15-9-13(21-3)5-6-17(15)22-4/h5-6,9,14,16,20H,7-8,10-12H2,1-4H3/t14-,16+/m0/s1. The molecule has 2 rings (SSSR count). The summed E-state index contributed by atoms with van der Waals surface area (Å²) < 4.78 is 16.4. The van der Waals surface area contributed by atoms with Gasteiger partial charge in [0.05, 0.1) is 33.0 Å². The topological polar surface area (TPSA) is 54.4 Å². The highest BCUT2D eigenvalue weighted by Gasteiger charge is 2.24. The van der Waals surface area contributed by atoms with Gasteiger partial charge in [-0.05, 0) is 32.3 Å². The van der Waals surface area contributed by atoms with Crippen molar-refractivity contribution in [2.45, 2.75) is 12.2 Å². The molecule has 23 heavy (non-hydrogen) atoms. The highest BCUT2D eigenvalue weighted by molar-refractivity contribution is 5.41. The highest BCUT2D eigenvalue weighted by Crippen LogP contribution is 2.30. The summed E-state index contributed by atoms with van der Waals surface area (Å²) >= 11 is 0. The maximum atomic E-state index is 10.6. The Hall–Kier alpha value is -1.34. The molecule has 2 atom stereocenters. The summed E-state index contributed by atoms with van der Waals surface area (Å²) in [5, 5.41) is 10.6. The molecule has 1 aromatic rings. The second kappa shape index (κ2) is 8.49. The van der Waals surface area contributed by atoms with E-state index in [0.29, 0.717) is 24.7 Å². The molecular formula is C17H28N2O4. The van der Waals surface area contributed by atoms with Crippen molar-refractivity contribution in [3.8, 4) is 11.5 Å². The molecule has 1 fully saturated rings. The molecule has 1 aliphatic rings. The van der Waals surface area contributed by atoms with Crippen molar-refractivity contribution < 1.29 is 19.3 Å². The molecule has 0 spiro atoms. The van der Waals surface area contributed by atoms with Crippen LogP contribution in [-0.2, 0) is 4.74 Å².